The van der Waals surface area contributed by atoms with Crippen LogP contribution < -0.4 is 10.1 Å². The molecule has 3 aromatic rings. The summed E-state index contributed by atoms with van der Waals surface area (Å²) in [6.07, 6.45) is 0. The third-order valence-electron chi connectivity index (χ3n) is 3.97. The van der Waals surface area contributed by atoms with E-state index in [1.165, 1.54) is 12.1 Å². The Hall–Kier alpha value is -2.63. The maximum absolute atomic E-state index is 13.2. The minimum absolute atomic E-state index is 0.146. The Morgan fingerprint density at radius 2 is 1.96 bits per heavy atom. The van der Waals surface area contributed by atoms with Crippen LogP contribution in [0.5, 0.6) is 5.75 Å². The zero-order valence-corrected chi connectivity index (χ0v) is 14.6. The van der Waals surface area contributed by atoms with Crippen molar-refractivity contribution in [3.05, 3.63) is 76.6 Å². The van der Waals surface area contributed by atoms with E-state index in [1.54, 1.807) is 6.07 Å². The van der Waals surface area contributed by atoms with Crippen LogP contribution in [0.4, 0.5) is 4.39 Å². The molecule has 2 N–H and O–H groups in total. The van der Waals surface area contributed by atoms with E-state index in [9.17, 15) is 9.18 Å². The van der Waals surface area contributed by atoms with Gasteiger partial charge < -0.3 is 15.2 Å². The number of ether oxygens (including phenoxy) is 1. The Bertz CT molecular complexity index is 945. The average Bonchev–Trinajstić information content (AvgIpc) is 2.61. The van der Waals surface area contributed by atoms with Gasteiger partial charge in [0.15, 0.2) is 0 Å². The van der Waals surface area contributed by atoms with Gasteiger partial charge in [-0.05, 0) is 29.0 Å². The van der Waals surface area contributed by atoms with Crippen molar-refractivity contribution in [1.29, 1.82) is 0 Å². The molecule has 0 saturated heterocycles. The SMILES string of the molecule is O=C(O)CNCc1c(OCc2ccc(F)cc2Cl)ccc2ccccc12. The molecule has 0 aromatic heterocycles. The predicted octanol–water partition coefficient (Wildman–Crippen LogP) is 4.39. The lowest BCUT2D eigenvalue weighted by Gasteiger charge is -2.15. The van der Waals surface area contributed by atoms with Crippen LogP contribution in [-0.4, -0.2) is 17.6 Å². The fourth-order valence-corrected chi connectivity index (χ4v) is 2.94. The highest BCUT2D eigenvalue weighted by atomic mass is 35.5. The van der Waals surface area contributed by atoms with Crippen LogP contribution in [-0.2, 0) is 17.9 Å². The van der Waals surface area contributed by atoms with Crippen molar-refractivity contribution < 1.29 is 19.0 Å². The summed E-state index contributed by atoms with van der Waals surface area (Å²) in [4.78, 5) is 10.8. The Morgan fingerprint density at radius 3 is 2.73 bits per heavy atom. The molecule has 0 radical (unpaired) electrons. The number of carbonyl (C=O) groups is 1. The molecule has 0 fully saturated rings. The van der Waals surface area contributed by atoms with E-state index >= 15 is 0 Å². The van der Waals surface area contributed by atoms with Gasteiger partial charge in [0.25, 0.3) is 0 Å². The minimum atomic E-state index is -0.925. The molecule has 0 amide bonds. The van der Waals surface area contributed by atoms with Gasteiger partial charge in [-0.25, -0.2) is 4.39 Å². The summed E-state index contributed by atoms with van der Waals surface area (Å²) >= 11 is 6.05. The predicted molar refractivity (Wildman–Crippen MR) is 99.0 cm³/mol. The van der Waals surface area contributed by atoms with E-state index in [1.807, 2.05) is 36.4 Å². The molecular weight excluding hydrogens is 357 g/mol. The van der Waals surface area contributed by atoms with Crippen LogP contribution in [0.25, 0.3) is 10.8 Å². The van der Waals surface area contributed by atoms with E-state index in [-0.39, 0.29) is 13.2 Å². The number of aliphatic carboxylic acids is 1. The summed E-state index contributed by atoms with van der Waals surface area (Å²) in [7, 11) is 0. The van der Waals surface area contributed by atoms with Crippen LogP contribution >= 0.6 is 11.6 Å². The first-order valence-electron chi connectivity index (χ1n) is 8.04. The maximum Gasteiger partial charge on any atom is 0.317 e. The van der Waals surface area contributed by atoms with Crippen molar-refractivity contribution >= 4 is 28.3 Å². The fourth-order valence-electron chi connectivity index (χ4n) is 2.72. The van der Waals surface area contributed by atoms with Crippen molar-refractivity contribution in [1.82, 2.24) is 5.32 Å². The Morgan fingerprint density at radius 1 is 1.15 bits per heavy atom. The summed E-state index contributed by atoms with van der Waals surface area (Å²) in [6, 6.07) is 15.8. The van der Waals surface area contributed by atoms with Gasteiger partial charge in [-0.15, -0.1) is 0 Å². The molecule has 26 heavy (non-hydrogen) atoms. The zero-order valence-electron chi connectivity index (χ0n) is 13.8. The lowest BCUT2D eigenvalue weighted by Crippen LogP contribution is -2.22. The van der Waals surface area contributed by atoms with Crippen LogP contribution in [0.2, 0.25) is 5.02 Å². The van der Waals surface area contributed by atoms with Crippen molar-refractivity contribution in [2.45, 2.75) is 13.2 Å². The first-order chi connectivity index (χ1) is 12.5. The molecule has 3 aromatic carbocycles. The second kappa shape index (κ2) is 8.17. The number of hydrogen-bond acceptors (Lipinski definition) is 3. The Kier molecular flexibility index (Phi) is 5.71. The van der Waals surface area contributed by atoms with E-state index < -0.39 is 11.8 Å². The second-order valence-electron chi connectivity index (χ2n) is 5.79. The topological polar surface area (TPSA) is 58.6 Å². The van der Waals surface area contributed by atoms with E-state index in [2.05, 4.69) is 5.32 Å². The van der Waals surface area contributed by atoms with Crippen molar-refractivity contribution in [2.75, 3.05) is 6.54 Å². The summed E-state index contributed by atoms with van der Waals surface area (Å²) in [6.45, 7) is 0.385. The van der Waals surface area contributed by atoms with Gasteiger partial charge in [0, 0.05) is 17.7 Å². The smallest absolute Gasteiger partial charge is 0.317 e. The molecule has 0 aliphatic heterocycles. The number of carboxylic acid groups (broad SMARTS) is 1. The van der Waals surface area contributed by atoms with Crippen LogP contribution in [0, 0.1) is 5.82 Å². The van der Waals surface area contributed by atoms with Gasteiger partial charge in [-0.1, -0.05) is 48.0 Å². The highest BCUT2D eigenvalue weighted by molar-refractivity contribution is 6.31. The molecular formula is C20H17ClFNO3. The summed E-state index contributed by atoms with van der Waals surface area (Å²) < 4.78 is 19.1. The molecule has 0 bridgehead atoms. The average molecular weight is 374 g/mol. The van der Waals surface area contributed by atoms with Crippen LogP contribution in [0.1, 0.15) is 11.1 Å². The number of fused-ring (bicyclic) bond motifs is 1. The Balaban J connectivity index is 1.87. The van der Waals surface area contributed by atoms with Gasteiger partial charge in [0.1, 0.15) is 18.2 Å². The second-order valence-corrected chi connectivity index (χ2v) is 6.19. The minimum Gasteiger partial charge on any atom is -0.488 e. The molecule has 0 heterocycles. The lowest BCUT2D eigenvalue weighted by molar-refractivity contribution is -0.136. The molecule has 0 saturated carbocycles. The third-order valence-corrected chi connectivity index (χ3v) is 4.33. The standard InChI is InChI=1S/C20H17ClFNO3/c21-18-9-15(22)7-5-14(18)12-26-19-8-6-13-3-1-2-4-16(13)17(19)10-23-11-20(24)25/h1-9,23H,10-12H2,(H,24,25). The molecule has 134 valence electrons. The van der Waals surface area contributed by atoms with Crippen LogP contribution in [0.3, 0.4) is 0 Å². The van der Waals surface area contributed by atoms with Gasteiger partial charge in [-0.3, -0.25) is 4.79 Å². The van der Waals surface area contributed by atoms with Gasteiger partial charge >= 0.3 is 5.97 Å². The van der Waals surface area contributed by atoms with Gasteiger partial charge in [0.05, 0.1) is 11.6 Å². The van der Waals surface area contributed by atoms with E-state index in [0.29, 0.717) is 22.9 Å². The molecule has 6 heteroatoms. The molecule has 0 atom stereocenters. The molecule has 0 spiro atoms. The largest absolute Gasteiger partial charge is 0.488 e. The number of carboxylic acids is 1. The third kappa shape index (κ3) is 4.31. The summed E-state index contributed by atoms with van der Waals surface area (Å²) in [5, 5.41) is 14.1. The summed E-state index contributed by atoms with van der Waals surface area (Å²) in [5.74, 6) is -0.698. The van der Waals surface area contributed by atoms with E-state index in [4.69, 9.17) is 21.4 Å². The zero-order chi connectivity index (χ0) is 18.5. The van der Waals surface area contributed by atoms with Gasteiger partial charge in [0.2, 0.25) is 0 Å². The quantitative estimate of drug-likeness (QED) is 0.645. The van der Waals surface area contributed by atoms with Gasteiger partial charge in [-0.2, -0.15) is 0 Å². The normalized spacial score (nSPS) is 10.8. The van der Waals surface area contributed by atoms with Crippen molar-refractivity contribution in [3.63, 3.8) is 0 Å². The molecule has 0 aliphatic rings. The number of rotatable bonds is 7. The number of hydrogen-bond donors (Lipinski definition) is 2. The molecule has 0 unspecified atom stereocenters. The fraction of sp³-hybridized carbons (Fsp3) is 0.150. The monoisotopic (exact) mass is 373 g/mol. The number of nitrogens with one attached hydrogen (secondary N) is 1. The highest BCUT2D eigenvalue weighted by Crippen LogP contribution is 2.29. The first kappa shape index (κ1) is 18.2. The summed E-state index contributed by atoms with van der Waals surface area (Å²) in [5.41, 5.74) is 1.54. The molecule has 4 nitrogen and oxygen atoms in total. The molecule has 0 aliphatic carbocycles. The van der Waals surface area contributed by atoms with E-state index in [0.717, 1.165) is 16.3 Å². The highest BCUT2D eigenvalue weighted by Gasteiger charge is 2.11. The maximum atomic E-state index is 13.2. The Labute approximate surface area is 155 Å². The number of benzene rings is 3. The van der Waals surface area contributed by atoms with Crippen molar-refractivity contribution in [2.24, 2.45) is 0 Å². The first-order valence-corrected chi connectivity index (χ1v) is 8.42. The van der Waals surface area contributed by atoms with Crippen molar-refractivity contribution in [3.8, 4) is 5.75 Å². The number of halogens is 2. The van der Waals surface area contributed by atoms with Crippen LogP contribution in [0.15, 0.2) is 54.6 Å². The molecule has 3 rings (SSSR count). The lowest BCUT2D eigenvalue weighted by atomic mass is 10.0.